The highest BCUT2D eigenvalue weighted by molar-refractivity contribution is 6.35. The number of amides is 2. The van der Waals surface area contributed by atoms with Crippen molar-refractivity contribution in [2.45, 2.75) is 64.2 Å². The number of piperidine rings is 1. The van der Waals surface area contributed by atoms with Gasteiger partial charge >= 0.3 is 11.8 Å². The van der Waals surface area contributed by atoms with Gasteiger partial charge in [-0.15, -0.1) is 0 Å². The van der Waals surface area contributed by atoms with Gasteiger partial charge in [0.15, 0.2) is 0 Å². The van der Waals surface area contributed by atoms with E-state index in [2.05, 4.69) is 55.4 Å². The number of carbonyl (C=O) groups is 2. The van der Waals surface area contributed by atoms with Crippen LogP contribution in [0.3, 0.4) is 0 Å². The summed E-state index contributed by atoms with van der Waals surface area (Å²) < 4.78 is 0. The minimum Gasteiger partial charge on any atom is -0.345 e. The number of hydrogen-bond donors (Lipinski definition) is 2. The molecular formula is C22H34N4O2. The molecule has 0 bridgehead atoms. The molecular weight excluding hydrogens is 352 g/mol. The van der Waals surface area contributed by atoms with Crippen LogP contribution in [0.4, 0.5) is 0 Å². The van der Waals surface area contributed by atoms with E-state index in [0.29, 0.717) is 13.1 Å². The molecule has 0 spiro atoms. The maximum absolute atomic E-state index is 12.6. The summed E-state index contributed by atoms with van der Waals surface area (Å²) in [6, 6.07) is 10.4. The lowest BCUT2D eigenvalue weighted by atomic mass is 9.79. The first-order valence-electron chi connectivity index (χ1n) is 10.3. The Morgan fingerprint density at radius 1 is 1.00 bits per heavy atom. The first kappa shape index (κ1) is 20.8. The normalized spacial score (nSPS) is 22.6. The minimum absolute atomic E-state index is 0.0158. The molecule has 6 nitrogen and oxygen atoms in total. The van der Waals surface area contributed by atoms with Gasteiger partial charge in [0, 0.05) is 49.8 Å². The molecule has 3 rings (SSSR count). The summed E-state index contributed by atoms with van der Waals surface area (Å²) >= 11 is 0. The van der Waals surface area contributed by atoms with Crippen LogP contribution in [0, 0.1) is 0 Å². The predicted octanol–water partition coefficient (Wildman–Crippen LogP) is 1.76. The molecule has 2 aliphatic rings. The second-order valence-electron chi connectivity index (χ2n) is 9.53. The van der Waals surface area contributed by atoms with Crippen molar-refractivity contribution in [3.8, 4) is 0 Å². The molecule has 2 amide bonds. The highest BCUT2D eigenvalue weighted by Gasteiger charge is 2.39. The first-order valence-corrected chi connectivity index (χ1v) is 10.3. The van der Waals surface area contributed by atoms with Gasteiger partial charge in [-0.2, -0.15) is 0 Å². The highest BCUT2D eigenvalue weighted by atomic mass is 16.2. The molecule has 0 radical (unpaired) electrons. The molecule has 154 valence electrons. The molecule has 0 aliphatic carbocycles. The standard InChI is InChI=1S/C22H34N4O2/c1-21(2)14-18(15-22(3,4)24-21)23-19(27)20(28)26-12-10-25(11-13-26)16-17-8-6-5-7-9-17/h5-9,18,24H,10-16H2,1-4H3,(H,23,27). The number of rotatable bonds is 3. The van der Waals surface area contributed by atoms with Crippen molar-refractivity contribution in [3.63, 3.8) is 0 Å². The second-order valence-corrected chi connectivity index (χ2v) is 9.53. The lowest BCUT2D eigenvalue weighted by Crippen LogP contribution is -2.63. The van der Waals surface area contributed by atoms with Crippen LogP contribution in [-0.2, 0) is 16.1 Å². The monoisotopic (exact) mass is 386 g/mol. The van der Waals surface area contributed by atoms with Gasteiger partial charge < -0.3 is 15.5 Å². The Labute approximate surface area is 168 Å². The predicted molar refractivity (Wildman–Crippen MR) is 111 cm³/mol. The van der Waals surface area contributed by atoms with Crippen LogP contribution in [0.5, 0.6) is 0 Å². The molecule has 2 N–H and O–H groups in total. The van der Waals surface area contributed by atoms with E-state index in [0.717, 1.165) is 32.5 Å². The average Bonchev–Trinajstić information content (AvgIpc) is 2.60. The van der Waals surface area contributed by atoms with Crippen molar-refractivity contribution in [1.29, 1.82) is 0 Å². The van der Waals surface area contributed by atoms with Crippen molar-refractivity contribution in [3.05, 3.63) is 35.9 Å². The Bertz CT molecular complexity index is 678. The van der Waals surface area contributed by atoms with Gasteiger partial charge in [-0.05, 0) is 46.1 Å². The Balaban J connectivity index is 1.49. The largest absolute Gasteiger partial charge is 0.345 e. The zero-order valence-electron chi connectivity index (χ0n) is 17.6. The zero-order valence-corrected chi connectivity index (χ0v) is 17.6. The molecule has 2 saturated heterocycles. The number of nitrogens with zero attached hydrogens (tertiary/aromatic N) is 2. The number of nitrogens with one attached hydrogen (secondary N) is 2. The van der Waals surface area contributed by atoms with E-state index in [-0.39, 0.29) is 17.1 Å². The van der Waals surface area contributed by atoms with E-state index in [1.165, 1.54) is 5.56 Å². The third kappa shape index (κ3) is 5.55. The van der Waals surface area contributed by atoms with Crippen LogP contribution in [-0.4, -0.2) is 64.9 Å². The van der Waals surface area contributed by atoms with E-state index in [9.17, 15) is 9.59 Å². The van der Waals surface area contributed by atoms with E-state index < -0.39 is 11.8 Å². The van der Waals surface area contributed by atoms with Gasteiger partial charge in [-0.3, -0.25) is 14.5 Å². The molecule has 0 saturated carbocycles. The van der Waals surface area contributed by atoms with Crippen molar-refractivity contribution in [1.82, 2.24) is 20.4 Å². The Morgan fingerprint density at radius 2 is 1.57 bits per heavy atom. The van der Waals surface area contributed by atoms with Crippen molar-refractivity contribution >= 4 is 11.8 Å². The van der Waals surface area contributed by atoms with E-state index in [1.54, 1.807) is 4.90 Å². The van der Waals surface area contributed by atoms with E-state index in [1.807, 2.05) is 18.2 Å². The van der Waals surface area contributed by atoms with E-state index in [4.69, 9.17) is 0 Å². The van der Waals surface area contributed by atoms with Crippen LogP contribution < -0.4 is 10.6 Å². The summed E-state index contributed by atoms with van der Waals surface area (Å²) in [7, 11) is 0. The van der Waals surface area contributed by atoms with Crippen LogP contribution in [0.1, 0.15) is 46.1 Å². The topological polar surface area (TPSA) is 64.7 Å². The fourth-order valence-corrected chi connectivity index (χ4v) is 4.77. The van der Waals surface area contributed by atoms with Gasteiger partial charge in [-0.25, -0.2) is 0 Å². The zero-order chi connectivity index (χ0) is 20.4. The third-order valence-electron chi connectivity index (χ3n) is 5.63. The quantitative estimate of drug-likeness (QED) is 0.777. The van der Waals surface area contributed by atoms with Gasteiger partial charge in [0.05, 0.1) is 0 Å². The summed E-state index contributed by atoms with van der Waals surface area (Å²) in [5.41, 5.74) is 1.15. The van der Waals surface area contributed by atoms with Gasteiger partial charge in [0.1, 0.15) is 0 Å². The first-order chi connectivity index (χ1) is 13.1. The molecule has 1 aromatic rings. The smallest absolute Gasteiger partial charge is 0.311 e. The molecule has 0 unspecified atom stereocenters. The second kappa shape index (κ2) is 8.21. The summed E-state index contributed by atoms with van der Waals surface area (Å²) in [6.45, 7) is 12.2. The lowest BCUT2D eigenvalue weighted by Gasteiger charge is -2.46. The van der Waals surface area contributed by atoms with Gasteiger partial charge in [0.25, 0.3) is 0 Å². The molecule has 6 heteroatoms. The number of carbonyl (C=O) groups excluding carboxylic acids is 2. The average molecular weight is 387 g/mol. The van der Waals surface area contributed by atoms with Crippen LogP contribution in [0.2, 0.25) is 0 Å². The molecule has 0 atom stereocenters. The molecule has 2 aliphatic heterocycles. The van der Waals surface area contributed by atoms with E-state index >= 15 is 0 Å². The lowest BCUT2D eigenvalue weighted by molar-refractivity contribution is -0.147. The highest BCUT2D eigenvalue weighted by Crippen LogP contribution is 2.28. The van der Waals surface area contributed by atoms with Gasteiger partial charge in [-0.1, -0.05) is 30.3 Å². The third-order valence-corrected chi connectivity index (χ3v) is 5.63. The SMILES string of the molecule is CC1(C)CC(NC(=O)C(=O)N2CCN(Cc3ccccc3)CC2)CC(C)(C)N1. The van der Waals surface area contributed by atoms with Crippen molar-refractivity contribution in [2.75, 3.05) is 26.2 Å². The fourth-order valence-electron chi connectivity index (χ4n) is 4.77. The maximum Gasteiger partial charge on any atom is 0.311 e. The molecule has 1 aromatic carbocycles. The van der Waals surface area contributed by atoms with Crippen molar-refractivity contribution in [2.24, 2.45) is 0 Å². The Morgan fingerprint density at radius 3 is 2.14 bits per heavy atom. The van der Waals surface area contributed by atoms with Crippen LogP contribution in [0.25, 0.3) is 0 Å². The van der Waals surface area contributed by atoms with Crippen molar-refractivity contribution < 1.29 is 9.59 Å². The summed E-state index contributed by atoms with van der Waals surface area (Å²) in [5, 5.41) is 6.59. The van der Waals surface area contributed by atoms with Gasteiger partial charge in [0.2, 0.25) is 0 Å². The minimum atomic E-state index is -0.463. The maximum atomic E-state index is 12.6. The molecule has 0 aromatic heterocycles. The molecule has 2 fully saturated rings. The molecule has 2 heterocycles. The summed E-state index contributed by atoms with van der Waals surface area (Å²) in [6.07, 6.45) is 1.64. The summed E-state index contributed by atoms with van der Waals surface area (Å²) in [5.74, 6) is -0.858. The number of benzene rings is 1. The Hall–Kier alpha value is -1.92. The summed E-state index contributed by atoms with van der Waals surface area (Å²) in [4.78, 5) is 29.2. The Kier molecular flexibility index (Phi) is 6.10. The fraction of sp³-hybridized carbons (Fsp3) is 0.636. The molecule has 28 heavy (non-hydrogen) atoms. The van der Waals surface area contributed by atoms with Crippen LogP contribution >= 0.6 is 0 Å². The number of hydrogen-bond acceptors (Lipinski definition) is 4. The van der Waals surface area contributed by atoms with Crippen LogP contribution in [0.15, 0.2) is 30.3 Å². The number of piperazine rings is 1.